The molecule has 1 aliphatic carbocycles. The van der Waals surface area contributed by atoms with Crippen LogP contribution in [-0.2, 0) is 0 Å². The number of nitrogens with zero attached hydrogens (tertiary/aromatic N) is 6. The number of para-hydroxylation sites is 2. The number of fused-ring (bicyclic) bond motifs is 1. The molecule has 9 nitrogen and oxygen atoms in total. The summed E-state index contributed by atoms with van der Waals surface area (Å²) in [6.07, 6.45) is 5.39. The van der Waals surface area contributed by atoms with Crippen LogP contribution < -0.4 is 10.1 Å². The molecule has 3 heterocycles. The van der Waals surface area contributed by atoms with Crippen LogP contribution in [0.15, 0.2) is 73.2 Å². The average Bonchev–Trinajstić information content (AvgIpc) is 3.35. The van der Waals surface area contributed by atoms with Crippen molar-refractivity contribution in [1.82, 2.24) is 35.0 Å². The highest BCUT2D eigenvalue weighted by molar-refractivity contribution is 5.77. The normalized spacial score (nSPS) is 17.8. The van der Waals surface area contributed by atoms with E-state index >= 15 is 0 Å². The van der Waals surface area contributed by atoms with Crippen molar-refractivity contribution in [2.75, 3.05) is 6.61 Å². The fraction of sp³-hybridized carbons (Fsp3) is 0.250. The van der Waals surface area contributed by atoms with Gasteiger partial charge in [0.1, 0.15) is 29.3 Å². The second-order valence-electron chi connectivity index (χ2n) is 9.19. The Morgan fingerprint density at radius 3 is 2.66 bits per heavy atom. The van der Waals surface area contributed by atoms with Crippen molar-refractivity contribution in [2.24, 2.45) is 0 Å². The minimum Gasteiger partial charge on any atom is -0.492 e. The van der Waals surface area contributed by atoms with Crippen molar-refractivity contribution >= 4 is 11.0 Å². The monoisotopic (exact) mass is 511 g/mol. The van der Waals surface area contributed by atoms with Gasteiger partial charge in [-0.3, -0.25) is 19.9 Å². The first kappa shape index (κ1) is 24.1. The molecule has 1 aliphatic rings. The maximum atomic E-state index is 15.0. The summed E-state index contributed by atoms with van der Waals surface area (Å²) in [5, 5.41) is 23.1. The number of halogens is 1. The molecule has 10 heteroatoms. The van der Waals surface area contributed by atoms with Crippen LogP contribution in [-0.4, -0.2) is 47.5 Å². The molecule has 5 aromatic rings. The summed E-state index contributed by atoms with van der Waals surface area (Å²) in [6.45, 7) is 2.45. The molecular weight excluding hydrogens is 485 g/mol. The highest BCUT2D eigenvalue weighted by atomic mass is 19.1. The van der Waals surface area contributed by atoms with Crippen molar-refractivity contribution in [2.45, 2.75) is 38.0 Å². The number of aliphatic hydroxyl groups is 1. The molecule has 2 N–H and O–H groups in total. The van der Waals surface area contributed by atoms with Crippen LogP contribution in [0.5, 0.6) is 5.75 Å². The van der Waals surface area contributed by atoms with Gasteiger partial charge < -0.3 is 9.84 Å². The summed E-state index contributed by atoms with van der Waals surface area (Å²) >= 11 is 0. The second kappa shape index (κ2) is 10.2. The van der Waals surface area contributed by atoms with Crippen LogP contribution in [0.4, 0.5) is 4.39 Å². The lowest BCUT2D eigenvalue weighted by Gasteiger charge is -2.37. The van der Waals surface area contributed by atoms with Crippen molar-refractivity contribution in [1.29, 1.82) is 0 Å². The standard InChI is InChI=1S/C28H26FN7O2/c1-2-38-19-10-11-23(32-16-19)27-35-34-26(36(27)24-9-4-3-7-21(24)29)17-14-18(15-17)33-28(37)20-6-5-8-22-25(20)31-13-12-30-22/h3-13,16-18,28,33,37H,2,14-15H2,1H3/t17-,18-,28?. The minimum atomic E-state index is -0.894. The summed E-state index contributed by atoms with van der Waals surface area (Å²) in [4.78, 5) is 13.2. The van der Waals surface area contributed by atoms with E-state index in [0.29, 0.717) is 59.3 Å². The third kappa shape index (κ3) is 4.48. The molecule has 192 valence electrons. The zero-order valence-electron chi connectivity index (χ0n) is 20.7. The Morgan fingerprint density at radius 2 is 1.87 bits per heavy atom. The lowest BCUT2D eigenvalue weighted by molar-refractivity contribution is 0.0976. The zero-order valence-corrected chi connectivity index (χ0v) is 20.7. The largest absolute Gasteiger partial charge is 0.492 e. The highest BCUT2D eigenvalue weighted by Crippen LogP contribution is 2.39. The van der Waals surface area contributed by atoms with Crippen molar-refractivity contribution in [3.8, 4) is 23.0 Å². The van der Waals surface area contributed by atoms with Crippen molar-refractivity contribution < 1.29 is 14.2 Å². The van der Waals surface area contributed by atoms with Crippen LogP contribution in [0.2, 0.25) is 0 Å². The summed E-state index contributed by atoms with van der Waals surface area (Å²) in [7, 11) is 0. The van der Waals surface area contributed by atoms with E-state index in [4.69, 9.17) is 4.74 Å². The number of aromatic nitrogens is 6. The van der Waals surface area contributed by atoms with E-state index < -0.39 is 6.23 Å². The molecule has 1 fully saturated rings. The number of rotatable bonds is 8. The first-order valence-corrected chi connectivity index (χ1v) is 12.6. The van der Waals surface area contributed by atoms with Crippen molar-refractivity contribution in [3.63, 3.8) is 0 Å². The van der Waals surface area contributed by atoms with Crippen LogP contribution in [0.25, 0.3) is 28.2 Å². The SMILES string of the molecule is CCOc1ccc(-c2nnc([C@H]3C[C@H](NC(O)c4cccc5nccnc45)C3)n2-c2ccccc2F)nc1. The predicted molar refractivity (Wildman–Crippen MR) is 139 cm³/mol. The number of ether oxygens (including phenoxy) is 1. The Balaban J connectivity index is 1.25. The van der Waals surface area contributed by atoms with Gasteiger partial charge in [-0.1, -0.05) is 24.3 Å². The molecule has 38 heavy (non-hydrogen) atoms. The van der Waals surface area contributed by atoms with Gasteiger partial charge >= 0.3 is 0 Å². The number of benzene rings is 2. The number of nitrogens with one attached hydrogen (secondary N) is 1. The van der Waals surface area contributed by atoms with E-state index in [1.165, 1.54) is 6.07 Å². The van der Waals surface area contributed by atoms with Gasteiger partial charge in [-0.25, -0.2) is 9.37 Å². The summed E-state index contributed by atoms with van der Waals surface area (Å²) in [5.74, 6) is 1.41. The Kier molecular flexibility index (Phi) is 6.48. The number of hydrogen-bond donors (Lipinski definition) is 2. The Labute approximate surface area is 218 Å². The van der Waals surface area contributed by atoms with Gasteiger partial charge in [-0.05, 0) is 50.1 Å². The molecule has 2 aromatic carbocycles. The van der Waals surface area contributed by atoms with Gasteiger partial charge in [0.15, 0.2) is 5.82 Å². The maximum Gasteiger partial charge on any atom is 0.187 e. The lowest BCUT2D eigenvalue weighted by Crippen LogP contribution is -2.42. The fourth-order valence-corrected chi connectivity index (χ4v) is 4.88. The third-order valence-corrected chi connectivity index (χ3v) is 6.78. The van der Waals surface area contributed by atoms with E-state index in [-0.39, 0.29) is 17.8 Å². The van der Waals surface area contributed by atoms with Gasteiger partial charge in [0.25, 0.3) is 0 Å². The second-order valence-corrected chi connectivity index (χ2v) is 9.19. The van der Waals surface area contributed by atoms with E-state index in [0.717, 1.165) is 5.52 Å². The fourth-order valence-electron chi connectivity index (χ4n) is 4.88. The van der Waals surface area contributed by atoms with Gasteiger partial charge in [0.05, 0.1) is 29.5 Å². The molecule has 1 unspecified atom stereocenters. The van der Waals surface area contributed by atoms with Crippen LogP contribution in [0, 0.1) is 5.82 Å². The molecule has 0 aliphatic heterocycles. The molecule has 6 rings (SSSR count). The summed E-state index contributed by atoms with van der Waals surface area (Å²) in [6, 6.07) is 15.8. The molecule has 3 aromatic heterocycles. The molecule has 1 atom stereocenters. The van der Waals surface area contributed by atoms with Gasteiger partial charge in [-0.2, -0.15) is 0 Å². The molecule has 0 spiro atoms. The number of hydrogen-bond acceptors (Lipinski definition) is 8. The Bertz CT molecular complexity index is 1560. The minimum absolute atomic E-state index is 0.0237. The molecule has 0 bridgehead atoms. The van der Waals surface area contributed by atoms with E-state index in [2.05, 4.69) is 30.5 Å². The topological polar surface area (TPSA) is 111 Å². The van der Waals surface area contributed by atoms with E-state index in [1.54, 1.807) is 47.4 Å². The molecule has 0 saturated heterocycles. The third-order valence-electron chi connectivity index (χ3n) is 6.78. The van der Waals surface area contributed by atoms with Gasteiger partial charge in [0, 0.05) is 29.9 Å². The molecule has 0 radical (unpaired) electrons. The average molecular weight is 512 g/mol. The van der Waals surface area contributed by atoms with Crippen LogP contribution in [0.3, 0.4) is 0 Å². The molecule has 1 saturated carbocycles. The maximum absolute atomic E-state index is 15.0. The summed E-state index contributed by atoms with van der Waals surface area (Å²) in [5.41, 5.74) is 3.00. The Hall–Kier alpha value is -4.28. The first-order chi connectivity index (χ1) is 18.6. The van der Waals surface area contributed by atoms with Gasteiger partial charge in [0.2, 0.25) is 0 Å². The quantitative estimate of drug-likeness (QED) is 0.296. The van der Waals surface area contributed by atoms with Gasteiger partial charge in [-0.15, -0.1) is 10.2 Å². The summed E-state index contributed by atoms with van der Waals surface area (Å²) < 4.78 is 22.2. The zero-order chi connectivity index (χ0) is 26.1. The lowest BCUT2D eigenvalue weighted by atomic mass is 9.79. The molecular formula is C28H26FN7O2. The van der Waals surface area contributed by atoms with Crippen LogP contribution in [0.1, 0.15) is 43.3 Å². The number of aliphatic hydroxyl groups excluding tert-OH is 1. The highest BCUT2D eigenvalue weighted by Gasteiger charge is 2.36. The van der Waals surface area contributed by atoms with E-state index in [9.17, 15) is 9.50 Å². The Morgan fingerprint density at radius 1 is 1.03 bits per heavy atom. The van der Waals surface area contributed by atoms with Crippen LogP contribution >= 0.6 is 0 Å². The predicted octanol–water partition coefficient (Wildman–Crippen LogP) is 4.34. The first-order valence-electron chi connectivity index (χ1n) is 12.6. The van der Waals surface area contributed by atoms with E-state index in [1.807, 2.05) is 31.2 Å². The number of pyridine rings is 1. The smallest absolute Gasteiger partial charge is 0.187 e. The van der Waals surface area contributed by atoms with Crippen molar-refractivity contribution in [3.05, 3.63) is 90.4 Å². The molecule has 0 amide bonds.